The van der Waals surface area contributed by atoms with Crippen LogP contribution in [0.4, 0.5) is 5.69 Å². The summed E-state index contributed by atoms with van der Waals surface area (Å²) in [7, 11) is 0. The molecule has 2 rings (SSSR count). The molecule has 1 aromatic heterocycles. The quantitative estimate of drug-likeness (QED) is 0.783. The Labute approximate surface area is 119 Å². The largest absolute Gasteiger partial charge is 0.397 e. The van der Waals surface area contributed by atoms with Crippen molar-refractivity contribution in [3.05, 3.63) is 23.5 Å². The van der Waals surface area contributed by atoms with Crippen molar-refractivity contribution in [2.75, 3.05) is 12.3 Å². The molecule has 0 aliphatic heterocycles. The van der Waals surface area contributed by atoms with Crippen LogP contribution >= 0.6 is 0 Å². The Bertz CT molecular complexity index is 494. The molecule has 0 saturated heterocycles. The van der Waals surface area contributed by atoms with E-state index in [4.69, 9.17) is 5.73 Å². The molecule has 1 aliphatic rings. The summed E-state index contributed by atoms with van der Waals surface area (Å²) in [6.45, 7) is 3.96. The van der Waals surface area contributed by atoms with Crippen LogP contribution in [0, 0.1) is 12.8 Å². The number of hydrogen-bond donors (Lipinski definition) is 3. The van der Waals surface area contributed by atoms with Gasteiger partial charge in [0.05, 0.1) is 35.3 Å². The molecule has 0 atom stereocenters. The molecule has 0 aromatic carbocycles. The van der Waals surface area contributed by atoms with E-state index in [9.17, 15) is 9.90 Å². The van der Waals surface area contributed by atoms with E-state index in [-0.39, 0.29) is 12.5 Å². The third-order valence-corrected chi connectivity index (χ3v) is 4.27. The predicted molar refractivity (Wildman–Crippen MR) is 78.3 cm³/mol. The molecular weight excluding hydrogens is 254 g/mol. The molecule has 0 bridgehead atoms. The molecule has 0 unspecified atom stereocenters. The molecule has 4 N–H and O–H groups in total. The van der Waals surface area contributed by atoms with Crippen molar-refractivity contribution >= 4 is 11.6 Å². The zero-order valence-electron chi connectivity index (χ0n) is 12.1. The minimum absolute atomic E-state index is 0.0275. The molecule has 1 heterocycles. The molecule has 1 amide bonds. The van der Waals surface area contributed by atoms with Gasteiger partial charge >= 0.3 is 0 Å². The van der Waals surface area contributed by atoms with Crippen molar-refractivity contribution in [3.63, 3.8) is 0 Å². The average molecular weight is 277 g/mol. The van der Waals surface area contributed by atoms with E-state index < -0.39 is 5.54 Å². The van der Waals surface area contributed by atoms with Crippen LogP contribution in [0.1, 0.15) is 48.7 Å². The van der Waals surface area contributed by atoms with E-state index in [1.54, 1.807) is 13.0 Å². The van der Waals surface area contributed by atoms with Crippen LogP contribution in [-0.2, 0) is 0 Å². The molecule has 0 radical (unpaired) electrons. The summed E-state index contributed by atoms with van der Waals surface area (Å²) in [5, 5.41) is 12.7. The molecule has 0 spiro atoms. The number of amides is 1. The number of rotatable bonds is 3. The number of hydrogen-bond acceptors (Lipinski definition) is 4. The average Bonchev–Trinajstić information content (AvgIpc) is 2.44. The van der Waals surface area contributed by atoms with Crippen LogP contribution in [0.15, 0.2) is 12.3 Å². The maximum atomic E-state index is 12.4. The lowest BCUT2D eigenvalue weighted by Crippen LogP contribution is -2.53. The number of aliphatic hydroxyl groups excluding tert-OH is 1. The Balaban J connectivity index is 2.15. The first-order valence-electron chi connectivity index (χ1n) is 7.11. The summed E-state index contributed by atoms with van der Waals surface area (Å²) in [6, 6.07) is 1.63. The van der Waals surface area contributed by atoms with Crippen LogP contribution in [0.5, 0.6) is 0 Å². The van der Waals surface area contributed by atoms with Crippen LogP contribution in [0.25, 0.3) is 0 Å². The van der Waals surface area contributed by atoms with Gasteiger partial charge in [-0.2, -0.15) is 0 Å². The Morgan fingerprint density at radius 3 is 2.80 bits per heavy atom. The molecule has 110 valence electrons. The van der Waals surface area contributed by atoms with E-state index in [1.165, 1.54) is 6.20 Å². The number of anilines is 1. The first-order chi connectivity index (χ1) is 9.46. The van der Waals surface area contributed by atoms with Crippen LogP contribution in [0.2, 0.25) is 0 Å². The zero-order valence-corrected chi connectivity index (χ0v) is 12.1. The molecule has 1 fully saturated rings. The standard InChI is InChI=1S/C15H23N3O2/c1-10-3-5-15(9-19,6-4-10)18-14(20)13-7-12(16)8-17-11(13)2/h7-8,10,19H,3-6,9,16H2,1-2H3,(H,18,20). The van der Waals surface area contributed by atoms with E-state index in [0.29, 0.717) is 22.9 Å². The SMILES string of the molecule is Cc1ncc(N)cc1C(=O)NC1(CO)CCC(C)CC1. The van der Waals surface area contributed by atoms with Gasteiger partial charge in [0.25, 0.3) is 5.91 Å². The number of nitrogens with two attached hydrogens (primary N) is 1. The zero-order chi connectivity index (χ0) is 14.8. The molecule has 1 aromatic rings. The molecule has 5 heteroatoms. The van der Waals surface area contributed by atoms with Gasteiger partial charge in [-0.15, -0.1) is 0 Å². The van der Waals surface area contributed by atoms with Crippen LogP contribution in [0.3, 0.4) is 0 Å². The number of pyridine rings is 1. The first kappa shape index (κ1) is 14.8. The normalized spacial score (nSPS) is 26.2. The van der Waals surface area contributed by atoms with Crippen molar-refractivity contribution in [1.82, 2.24) is 10.3 Å². The van der Waals surface area contributed by atoms with Gasteiger partial charge in [0.15, 0.2) is 0 Å². The monoisotopic (exact) mass is 277 g/mol. The molecule has 1 aliphatic carbocycles. The van der Waals surface area contributed by atoms with Crippen molar-refractivity contribution < 1.29 is 9.90 Å². The lowest BCUT2D eigenvalue weighted by Gasteiger charge is -2.38. The Hall–Kier alpha value is -1.62. The van der Waals surface area contributed by atoms with Gasteiger partial charge in [0.2, 0.25) is 0 Å². The molecule has 1 saturated carbocycles. The number of aromatic nitrogens is 1. The second kappa shape index (κ2) is 5.79. The minimum atomic E-state index is -0.499. The van der Waals surface area contributed by atoms with Crippen LogP contribution < -0.4 is 11.1 Å². The predicted octanol–water partition coefficient (Wildman–Crippen LogP) is 1.64. The van der Waals surface area contributed by atoms with Crippen LogP contribution in [-0.4, -0.2) is 28.1 Å². The lowest BCUT2D eigenvalue weighted by atomic mass is 9.77. The first-order valence-corrected chi connectivity index (χ1v) is 7.11. The number of carbonyl (C=O) groups excluding carboxylic acids is 1. The summed E-state index contributed by atoms with van der Waals surface area (Å²) in [6.07, 6.45) is 5.20. The fourth-order valence-electron chi connectivity index (χ4n) is 2.72. The van der Waals surface area contributed by atoms with E-state index in [1.807, 2.05) is 0 Å². The number of nitrogens with zero attached hydrogens (tertiary/aromatic N) is 1. The maximum absolute atomic E-state index is 12.4. The minimum Gasteiger partial charge on any atom is -0.397 e. The van der Waals surface area contributed by atoms with E-state index >= 15 is 0 Å². The van der Waals surface area contributed by atoms with Gasteiger partial charge in [-0.05, 0) is 44.6 Å². The highest BCUT2D eigenvalue weighted by atomic mass is 16.3. The Morgan fingerprint density at radius 2 is 2.20 bits per heavy atom. The second-order valence-electron chi connectivity index (χ2n) is 5.98. The number of aliphatic hydroxyl groups is 1. The topological polar surface area (TPSA) is 88.2 Å². The Morgan fingerprint density at radius 1 is 1.55 bits per heavy atom. The number of aryl methyl sites for hydroxylation is 1. The smallest absolute Gasteiger partial charge is 0.253 e. The lowest BCUT2D eigenvalue weighted by molar-refractivity contribution is 0.0716. The molecule has 5 nitrogen and oxygen atoms in total. The number of nitrogens with one attached hydrogen (secondary N) is 1. The Kier molecular flexibility index (Phi) is 4.28. The highest BCUT2D eigenvalue weighted by Gasteiger charge is 2.35. The van der Waals surface area contributed by atoms with Gasteiger partial charge in [-0.25, -0.2) is 0 Å². The fourth-order valence-corrected chi connectivity index (χ4v) is 2.72. The van der Waals surface area contributed by atoms with E-state index in [0.717, 1.165) is 25.7 Å². The number of nitrogen functional groups attached to an aromatic ring is 1. The summed E-state index contributed by atoms with van der Waals surface area (Å²) in [5.74, 6) is 0.452. The van der Waals surface area contributed by atoms with Gasteiger partial charge < -0.3 is 16.2 Å². The van der Waals surface area contributed by atoms with Crippen molar-refractivity contribution in [2.45, 2.75) is 45.1 Å². The third-order valence-electron chi connectivity index (χ3n) is 4.27. The third kappa shape index (κ3) is 3.10. The second-order valence-corrected chi connectivity index (χ2v) is 5.98. The highest BCUT2D eigenvalue weighted by molar-refractivity contribution is 5.96. The van der Waals surface area contributed by atoms with Crippen molar-refractivity contribution in [1.29, 1.82) is 0 Å². The highest BCUT2D eigenvalue weighted by Crippen LogP contribution is 2.32. The van der Waals surface area contributed by atoms with Gasteiger partial charge in [0.1, 0.15) is 0 Å². The van der Waals surface area contributed by atoms with Gasteiger partial charge in [-0.3, -0.25) is 9.78 Å². The van der Waals surface area contributed by atoms with Crippen molar-refractivity contribution in [2.24, 2.45) is 5.92 Å². The summed E-state index contributed by atoms with van der Waals surface area (Å²) in [5.41, 5.74) is 6.79. The number of carbonyl (C=O) groups is 1. The molecule has 20 heavy (non-hydrogen) atoms. The maximum Gasteiger partial charge on any atom is 0.253 e. The summed E-state index contributed by atoms with van der Waals surface area (Å²) >= 11 is 0. The summed E-state index contributed by atoms with van der Waals surface area (Å²) < 4.78 is 0. The summed E-state index contributed by atoms with van der Waals surface area (Å²) in [4.78, 5) is 16.5. The fraction of sp³-hybridized carbons (Fsp3) is 0.600. The molecular formula is C15H23N3O2. The van der Waals surface area contributed by atoms with Gasteiger partial charge in [-0.1, -0.05) is 6.92 Å². The van der Waals surface area contributed by atoms with E-state index in [2.05, 4.69) is 17.2 Å². The van der Waals surface area contributed by atoms with Crippen molar-refractivity contribution in [3.8, 4) is 0 Å². The van der Waals surface area contributed by atoms with Gasteiger partial charge in [0, 0.05) is 0 Å².